The van der Waals surface area contributed by atoms with Gasteiger partial charge in [0.05, 0.1) is 19.8 Å². The molecule has 1 aliphatic heterocycles. The Bertz CT molecular complexity index is 1250. The molecule has 0 aliphatic carbocycles. The maximum absolute atomic E-state index is 12.8. The van der Waals surface area contributed by atoms with Gasteiger partial charge in [0.25, 0.3) is 0 Å². The standard InChI is InChI=1S/C55H94O9/c1-3-5-7-9-11-13-15-17-19-21-23-24-25-26-27-28-30-32-34-36-38-40-42-44-51(57)63-49(48-62-55-54(60)53(59)52(58)50(46-56)64-55)47-61-45-43-41-39-37-35-33-31-29-22-20-18-16-14-12-10-8-6-4-2/h6,8,12,14-15,17-18,20-21,23,29,31,35,37,49-50,52-56,58-60H,3-5,7,9-11,13,16,19,22,24-28,30,32-34,36,38-48H2,1-2H3/b8-6-,14-12-,17-15-,20-18-,23-21-,31-29-,37-35-. The van der Waals surface area contributed by atoms with Crippen LogP contribution in [-0.2, 0) is 23.7 Å². The monoisotopic (exact) mass is 899 g/mol. The minimum atomic E-state index is -1.55. The molecule has 6 atom stereocenters. The number of hydrogen-bond donors (Lipinski definition) is 4. The first kappa shape index (κ1) is 59.4. The SMILES string of the molecule is CC/C=C\C/C=C\C/C=C\C/C=C\C/C=C\CCCCOCC(COC1OC(CO)C(O)C(O)C1O)OC(=O)CCCCCCCCCCCCC/C=C\C/C=C\CCCCCCC. The minimum Gasteiger partial charge on any atom is -0.457 e. The summed E-state index contributed by atoms with van der Waals surface area (Å²) in [5.41, 5.74) is 0. The average molecular weight is 899 g/mol. The van der Waals surface area contributed by atoms with Gasteiger partial charge in [-0.2, -0.15) is 0 Å². The highest BCUT2D eigenvalue weighted by Gasteiger charge is 2.44. The number of hydrogen-bond acceptors (Lipinski definition) is 9. The van der Waals surface area contributed by atoms with Crippen molar-refractivity contribution in [1.82, 2.24) is 0 Å². The summed E-state index contributed by atoms with van der Waals surface area (Å²) >= 11 is 0. The first-order valence-corrected chi connectivity index (χ1v) is 25.7. The quantitative estimate of drug-likeness (QED) is 0.0268. The van der Waals surface area contributed by atoms with Crippen LogP contribution in [0, 0.1) is 0 Å². The van der Waals surface area contributed by atoms with Crippen molar-refractivity contribution in [2.24, 2.45) is 0 Å². The van der Waals surface area contributed by atoms with E-state index in [4.69, 9.17) is 18.9 Å². The molecule has 1 aliphatic rings. The van der Waals surface area contributed by atoms with Crippen molar-refractivity contribution in [2.45, 2.75) is 230 Å². The topological polar surface area (TPSA) is 135 Å². The van der Waals surface area contributed by atoms with Crippen molar-refractivity contribution in [2.75, 3.05) is 26.4 Å². The van der Waals surface area contributed by atoms with Crippen molar-refractivity contribution in [3.63, 3.8) is 0 Å². The molecule has 64 heavy (non-hydrogen) atoms. The highest BCUT2D eigenvalue weighted by Crippen LogP contribution is 2.22. The van der Waals surface area contributed by atoms with Crippen LogP contribution in [0.3, 0.4) is 0 Å². The lowest BCUT2D eigenvalue weighted by atomic mass is 9.99. The smallest absolute Gasteiger partial charge is 0.306 e. The molecule has 9 nitrogen and oxygen atoms in total. The summed E-state index contributed by atoms with van der Waals surface area (Å²) in [7, 11) is 0. The van der Waals surface area contributed by atoms with E-state index in [2.05, 4.69) is 98.9 Å². The van der Waals surface area contributed by atoms with Gasteiger partial charge >= 0.3 is 5.97 Å². The van der Waals surface area contributed by atoms with Crippen molar-refractivity contribution in [1.29, 1.82) is 0 Å². The van der Waals surface area contributed by atoms with Crippen LogP contribution in [0.4, 0.5) is 0 Å². The van der Waals surface area contributed by atoms with E-state index in [0.717, 1.165) is 77.0 Å². The normalized spacial score (nSPS) is 20.2. The van der Waals surface area contributed by atoms with E-state index in [9.17, 15) is 25.2 Å². The molecule has 0 bridgehead atoms. The van der Waals surface area contributed by atoms with Gasteiger partial charge in [0, 0.05) is 13.0 Å². The number of aliphatic hydroxyl groups is 4. The molecular formula is C55H94O9. The lowest BCUT2D eigenvalue weighted by molar-refractivity contribution is -0.305. The first-order chi connectivity index (χ1) is 31.4. The molecule has 0 aromatic carbocycles. The van der Waals surface area contributed by atoms with E-state index in [1.807, 2.05) is 0 Å². The second-order valence-corrected chi connectivity index (χ2v) is 17.2. The zero-order valence-corrected chi connectivity index (χ0v) is 40.5. The van der Waals surface area contributed by atoms with Crippen LogP contribution in [0.5, 0.6) is 0 Å². The molecule has 0 aromatic rings. The molecule has 0 spiro atoms. The van der Waals surface area contributed by atoms with E-state index in [-0.39, 0.29) is 19.2 Å². The third-order valence-corrected chi connectivity index (χ3v) is 11.3. The largest absolute Gasteiger partial charge is 0.457 e. The number of aliphatic hydroxyl groups excluding tert-OH is 4. The molecule has 0 radical (unpaired) electrons. The van der Waals surface area contributed by atoms with Gasteiger partial charge in [0.15, 0.2) is 6.29 Å². The molecule has 1 heterocycles. The summed E-state index contributed by atoms with van der Waals surface area (Å²) in [6.07, 6.45) is 54.8. The Balaban J connectivity index is 2.24. The van der Waals surface area contributed by atoms with Crippen LogP contribution in [0.2, 0.25) is 0 Å². The fourth-order valence-corrected chi connectivity index (χ4v) is 7.31. The van der Waals surface area contributed by atoms with Crippen molar-refractivity contribution < 1.29 is 44.2 Å². The fourth-order valence-electron chi connectivity index (χ4n) is 7.31. The Morgan fingerprint density at radius 1 is 0.516 bits per heavy atom. The molecule has 0 aromatic heterocycles. The number of allylic oxidation sites excluding steroid dienone is 14. The highest BCUT2D eigenvalue weighted by molar-refractivity contribution is 5.69. The molecule has 0 amide bonds. The summed E-state index contributed by atoms with van der Waals surface area (Å²) in [6.45, 7) is 4.32. The van der Waals surface area contributed by atoms with Crippen LogP contribution in [-0.4, -0.2) is 89.6 Å². The molecule has 0 saturated carbocycles. The van der Waals surface area contributed by atoms with Crippen molar-refractivity contribution in [3.05, 3.63) is 85.1 Å². The zero-order valence-electron chi connectivity index (χ0n) is 40.5. The minimum absolute atomic E-state index is 0.110. The summed E-state index contributed by atoms with van der Waals surface area (Å²) in [5, 5.41) is 40.2. The second kappa shape index (κ2) is 45.5. The summed E-state index contributed by atoms with van der Waals surface area (Å²) in [6, 6.07) is 0. The fraction of sp³-hybridized carbons (Fsp3) is 0.727. The molecule has 4 N–H and O–H groups in total. The van der Waals surface area contributed by atoms with Gasteiger partial charge < -0.3 is 39.4 Å². The van der Waals surface area contributed by atoms with Gasteiger partial charge in [0.1, 0.15) is 30.5 Å². The van der Waals surface area contributed by atoms with Gasteiger partial charge in [-0.05, 0) is 89.9 Å². The van der Waals surface area contributed by atoms with Gasteiger partial charge in [0.2, 0.25) is 0 Å². The first-order valence-electron chi connectivity index (χ1n) is 25.7. The molecule has 368 valence electrons. The van der Waals surface area contributed by atoms with E-state index in [1.54, 1.807) is 0 Å². The van der Waals surface area contributed by atoms with Gasteiger partial charge in [-0.15, -0.1) is 0 Å². The number of carbonyl (C=O) groups excluding carboxylic acids is 1. The van der Waals surface area contributed by atoms with E-state index in [0.29, 0.717) is 13.0 Å². The van der Waals surface area contributed by atoms with E-state index >= 15 is 0 Å². The van der Waals surface area contributed by atoms with Crippen LogP contribution in [0.25, 0.3) is 0 Å². The Morgan fingerprint density at radius 2 is 0.953 bits per heavy atom. The van der Waals surface area contributed by atoms with E-state index in [1.165, 1.54) is 96.3 Å². The van der Waals surface area contributed by atoms with Crippen LogP contribution in [0.1, 0.15) is 194 Å². The Labute approximate surface area is 390 Å². The maximum atomic E-state index is 12.8. The molecule has 6 unspecified atom stereocenters. The Hall–Kier alpha value is -2.63. The number of unbranched alkanes of at least 4 members (excludes halogenated alkanes) is 18. The van der Waals surface area contributed by atoms with Crippen LogP contribution < -0.4 is 0 Å². The average Bonchev–Trinajstić information content (AvgIpc) is 3.30. The van der Waals surface area contributed by atoms with Crippen LogP contribution in [0.15, 0.2) is 85.1 Å². The summed E-state index contributed by atoms with van der Waals surface area (Å²) in [5.74, 6) is -0.333. The number of esters is 1. The molecule has 9 heteroatoms. The molecule has 1 saturated heterocycles. The highest BCUT2D eigenvalue weighted by atomic mass is 16.7. The van der Waals surface area contributed by atoms with Gasteiger partial charge in [-0.25, -0.2) is 0 Å². The lowest BCUT2D eigenvalue weighted by Gasteiger charge is -2.39. The zero-order chi connectivity index (χ0) is 46.4. The second-order valence-electron chi connectivity index (χ2n) is 17.2. The predicted octanol–water partition coefficient (Wildman–Crippen LogP) is 12.6. The van der Waals surface area contributed by atoms with Gasteiger partial charge in [-0.3, -0.25) is 4.79 Å². The van der Waals surface area contributed by atoms with Gasteiger partial charge in [-0.1, -0.05) is 182 Å². The number of ether oxygens (including phenoxy) is 4. The summed E-state index contributed by atoms with van der Waals surface area (Å²) in [4.78, 5) is 12.8. The third kappa shape index (κ3) is 35.6. The number of carbonyl (C=O) groups is 1. The van der Waals surface area contributed by atoms with Crippen molar-refractivity contribution in [3.8, 4) is 0 Å². The Morgan fingerprint density at radius 3 is 1.44 bits per heavy atom. The lowest BCUT2D eigenvalue weighted by Crippen LogP contribution is -2.59. The number of rotatable bonds is 43. The third-order valence-electron chi connectivity index (χ3n) is 11.3. The maximum Gasteiger partial charge on any atom is 0.306 e. The predicted molar refractivity (Wildman–Crippen MR) is 265 cm³/mol. The molecule has 1 fully saturated rings. The Kier molecular flexibility index (Phi) is 42.2. The van der Waals surface area contributed by atoms with E-state index < -0.39 is 43.4 Å². The summed E-state index contributed by atoms with van der Waals surface area (Å²) < 4.78 is 22.8. The molecular weight excluding hydrogens is 805 g/mol. The van der Waals surface area contributed by atoms with Crippen LogP contribution >= 0.6 is 0 Å². The van der Waals surface area contributed by atoms with Crippen molar-refractivity contribution >= 4 is 5.97 Å². The molecule has 1 rings (SSSR count).